The Labute approximate surface area is 102 Å². The van der Waals surface area contributed by atoms with Crippen LogP contribution in [0, 0.1) is 5.92 Å². The van der Waals surface area contributed by atoms with E-state index in [-0.39, 0.29) is 24.2 Å². The van der Waals surface area contributed by atoms with E-state index in [1.165, 1.54) is 12.8 Å². The molecular formula is C12H18ClNO2. The molecule has 0 aromatic heterocycles. The Morgan fingerprint density at radius 1 is 1.50 bits per heavy atom. The first kappa shape index (κ1) is 13.1. The Hall–Kier alpha value is -0.930. The summed E-state index contributed by atoms with van der Waals surface area (Å²) in [6, 6.07) is 5.14. The highest BCUT2D eigenvalue weighted by molar-refractivity contribution is 5.85. The lowest BCUT2D eigenvalue weighted by atomic mass is 10.00. The quantitative estimate of drug-likeness (QED) is 0.855. The highest BCUT2D eigenvalue weighted by atomic mass is 35.5. The van der Waals surface area contributed by atoms with E-state index in [0.717, 1.165) is 17.9 Å². The summed E-state index contributed by atoms with van der Waals surface area (Å²) in [5, 5.41) is 9.77. The predicted octanol–water partition coefficient (Wildman–Crippen LogP) is 2.62. The first-order valence-electron chi connectivity index (χ1n) is 5.33. The molecule has 1 atom stereocenters. The van der Waals surface area contributed by atoms with Gasteiger partial charge in [0, 0.05) is 6.04 Å². The second-order valence-electron chi connectivity index (χ2n) is 4.18. The van der Waals surface area contributed by atoms with Crippen molar-refractivity contribution in [3.05, 3.63) is 23.8 Å². The third kappa shape index (κ3) is 2.80. The van der Waals surface area contributed by atoms with Crippen LogP contribution in [0.2, 0.25) is 0 Å². The van der Waals surface area contributed by atoms with Crippen LogP contribution in [-0.4, -0.2) is 12.2 Å². The van der Waals surface area contributed by atoms with Gasteiger partial charge in [-0.15, -0.1) is 12.4 Å². The minimum atomic E-state index is -0.117. The van der Waals surface area contributed by atoms with Crippen LogP contribution in [0.1, 0.15) is 30.9 Å². The standard InChI is InChI=1S/C12H17NO2.ClH/c1-15-11-4-2-3-10(14)12(11)9(13)7-8-5-6-8;/h2-4,8-9,14H,5-7,13H2,1H3;1H/t9-;/m1./s1. The van der Waals surface area contributed by atoms with Crippen molar-refractivity contribution in [2.75, 3.05) is 7.11 Å². The Morgan fingerprint density at radius 2 is 2.19 bits per heavy atom. The van der Waals surface area contributed by atoms with Crippen molar-refractivity contribution >= 4 is 12.4 Å². The summed E-state index contributed by atoms with van der Waals surface area (Å²) in [6.07, 6.45) is 3.47. The number of phenolic OH excluding ortho intramolecular Hbond substituents is 1. The molecule has 1 aliphatic carbocycles. The molecule has 90 valence electrons. The van der Waals surface area contributed by atoms with Gasteiger partial charge in [0.05, 0.1) is 12.7 Å². The first-order valence-corrected chi connectivity index (χ1v) is 5.33. The van der Waals surface area contributed by atoms with Crippen LogP contribution in [0.4, 0.5) is 0 Å². The molecule has 0 unspecified atom stereocenters. The van der Waals surface area contributed by atoms with E-state index in [9.17, 15) is 5.11 Å². The van der Waals surface area contributed by atoms with Crippen LogP contribution in [-0.2, 0) is 0 Å². The van der Waals surface area contributed by atoms with E-state index >= 15 is 0 Å². The Bertz CT molecular complexity index is 353. The lowest BCUT2D eigenvalue weighted by Gasteiger charge is -2.16. The van der Waals surface area contributed by atoms with Crippen molar-refractivity contribution in [3.8, 4) is 11.5 Å². The summed E-state index contributed by atoms with van der Waals surface area (Å²) in [5.41, 5.74) is 6.82. The fourth-order valence-corrected chi connectivity index (χ4v) is 1.91. The topological polar surface area (TPSA) is 55.5 Å². The monoisotopic (exact) mass is 243 g/mol. The van der Waals surface area contributed by atoms with E-state index in [1.54, 1.807) is 19.2 Å². The lowest BCUT2D eigenvalue weighted by Crippen LogP contribution is -2.12. The van der Waals surface area contributed by atoms with Crippen LogP contribution in [0.3, 0.4) is 0 Å². The van der Waals surface area contributed by atoms with Crippen LogP contribution in [0.25, 0.3) is 0 Å². The van der Waals surface area contributed by atoms with Gasteiger partial charge in [0.2, 0.25) is 0 Å². The number of hydrogen-bond acceptors (Lipinski definition) is 3. The van der Waals surface area contributed by atoms with E-state index < -0.39 is 0 Å². The van der Waals surface area contributed by atoms with E-state index in [2.05, 4.69) is 0 Å². The molecule has 4 heteroatoms. The maximum atomic E-state index is 9.77. The van der Waals surface area contributed by atoms with Crippen LogP contribution < -0.4 is 10.5 Å². The van der Waals surface area contributed by atoms with Crippen molar-refractivity contribution in [2.24, 2.45) is 11.7 Å². The van der Waals surface area contributed by atoms with Gasteiger partial charge in [-0.3, -0.25) is 0 Å². The van der Waals surface area contributed by atoms with Crippen molar-refractivity contribution in [1.82, 2.24) is 0 Å². The fourth-order valence-electron chi connectivity index (χ4n) is 1.91. The predicted molar refractivity (Wildman–Crippen MR) is 66.2 cm³/mol. The summed E-state index contributed by atoms with van der Waals surface area (Å²) in [7, 11) is 1.60. The van der Waals surface area contributed by atoms with Crippen molar-refractivity contribution in [1.29, 1.82) is 0 Å². The Kier molecular flexibility index (Phi) is 4.44. The first-order chi connectivity index (χ1) is 7.22. The summed E-state index contributed by atoms with van der Waals surface area (Å²) in [5.74, 6) is 1.66. The maximum absolute atomic E-state index is 9.77. The number of methoxy groups -OCH3 is 1. The van der Waals surface area contributed by atoms with E-state index in [1.807, 2.05) is 6.07 Å². The normalized spacial score (nSPS) is 16.4. The van der Waals surface area contributed by atoms with Gasteiger partial charge in [0.15, 0.2) is 0 Å². The molecule has 0 spiro atoms. The zero-order valence-electron chi connectivity index (χ0n) is 9.35. The smallest absolute Gasteiger partial charge is 0.127 e. The van der Waals surface area contributed by atoms with Gasteiger partial charge in [-0.05, 0) is 24.5 Å². The molecule has 0 bridgehead atoms. The summed E-state index contributed by atoms with van der Waals surface area (Å²) >= 11 is 0. The fraction of sp³-hybridized carbons (Fsp3) is 0.500. The van der Waals surface area contributed by atoms with Gasteiger partial charge < -0.3 is 15.6 Å². The van der Waals surface area contributed by atoms with Gasteiger partial charge in [-0.1, -0.05) is 18.9 Å². The van der Waals surface area contributed by atoms with Gasteiger partial charge >= 0.3 is 0 Å². The number of ether oxygens (including phenoxy) is 1. The SMILES string of the molecule is COc1cccc(O)c1[C@H](N)CC1CC1.Cl. The molecule has 1 aliphatic rings. The molecule has 1 fully saturated rings. The molecule has 3 N–H and O–H groups in total. The zero-order valence-corrected chi connectivity index (χ0v) is 10.2. The number of rotatable bonds is 4. The Balaban J connectivity index is 0.00000128. The minimum Gasteiger partial charge on any atom is -0.507 e. The van der Waals surface area contributed by atoms with Crippen molar-refractivity contribution in [2.45, 2.75) is 25.3 Å². The van der Waals surface area contributed by atoms with E-state index in [4.69, 9.17) is 10.5 Å². The Morgan fingerprint density at radius 3 is 2.75 bits per heavy atom. The number of halogens is 1. The summed E-state index contributed by atoms with van der Waals surface area (Å²) in [6.45, 7) is 0. The molecule has 0 saturated heterocycles. The number of benzene rings is 1. The molecule has 0 radical (unpaired) electrons. The van der Waals surface area contributed by atoms with Gasteiger partial charge in [0.25, 0.3) is 0 Å². The third-order valence-corrected chi connectivity index (χ3v) is 2.92. The number of nitrogens with two attached hydrogens (primary N) is 1. The third-order valence-electron chi connectivity index (χ3n) is 2.92. The number of aromatic hydroxyl groups is 1. The molecule has 2 rings (SSSR count). The van der Waals surface area contributed by atoms with Crippen molar-refractivity contribution in [3.63, 3.8) is 0 Å². The molecule has 1 aromatic rings. The molecular weight excluding hydrogens is 226 g/mol. The van der Waals surface area contributed by atoms with E-state index in [0.29, 0.717) is 5.75 Å². The largest absolute Gasteiger partial charge is 0.507 e. The molecule has 1 saturated carbocycles. The molecule has 3 nitrogen and oxygen atoms in total. The van der Waals surface area contributed by atoms with Crippen molar-refractivity contribution < 1.29 is 9.84 Å². The molecule has 0 aliphatic heterocycles. The lowest BCUT2D eigenvalue weighted by molar-refractivity contribution is 0.389. The minimum absolute atomic E-state index is 0. The summed E-state index contributed by atoms with van der Waals surface area (Å²) < 4.78 is 5.21. The second kappa shape index (κ2) is 5.41. The average molecular weight is 244 g/mol. The maximum Gasteiger partial charge on any atom is 0.127 e. The van der Waals surface area contributed by atoms with Gasteiger partial charge in [-0.25, -0.2) is 0 Å². The number of phenols is 1. The summed E-state index contributed by atoms with van der Waals surface area (Å²) in [4.78, 5) is 0. The average Bonchev–Trinajstić information content (AvgIpc) is 3.00. The van der Waals surface area contributed by atoms with Crippen LogP contribution >= 0.6 is 12.4 Å². The molecule has 0 amide bonds. The zero-order chi connectivity index (χ0) is 10.8. The van der Waals surface area contributed by atoms with Crippen LogP contribution in [0.15, 0.2) is 18.2 Å². The molecule has 1 aromatic carbocycles. The number of hydrogen-bond donors (Lipinski definition) is 2. The van der Waals surface area contributed by atoms with Gasteiger partial charge in [-0.2, -0.15) is 0 Å². The van der Waals surface area contributed by atoms with Gasteiger partial charge in [0.1, 0.15) is 11.5 Å². The second-order valence-corrected chi connectivity index (χ2v) is 4.18. The highest BCUT2D eigenvalue weighted by Gasteiger charge is 2.27. The molecule has 16 heavy (non-hydrogen) atoms. The van der Waals surface area contributed by atoms with Crippen LogP contribution in [0.5, 0.6) is 11.5 Å². The molecule has 0 heterocycles. The highest BCUT2D eigenvalue weighted by Crippen LogP contribution is 2.41.